The molecule has 1 saturated heterocycles. The molecule has 9 heteroatoms. The molecule has 4 aromatic heterocycles. The zero-order valence-corrected chi connectivity index (χ0v) is 17.2. The topological polar surface area (TPSA) is 108 Å². The number of aromatic amines is 1. The summed E-state index contributed by atoms with van der Waals surface area (Å²) in [6.45, 7) is 2.65. The summed E-state index contributed by atoms with van der Waals surface area (Å²) in [6.07, 6.45) is 5.75. The first-order valence-corrected chi connectivity index (χ1v) is 10.3. The van der Waals surface area contributed by atoms with Crippen LogP contribution in [0, 0.1) is 18.3 Å². The van der Waals surface area contributed by atoms with E-state index >= 15 is 0 Å². The van der Waals surface area contributed by atoms with Gasteiger partial charge in [-0.1, -0.05) is 18.2 Å². The summed E-state index contributed by atoms with van der Waals surface area (Å²) in [6, 6.07) is 13.5. The molecule has 6 rings (SSSR count). The van der Waals surface area contributed by atoms with E-state index in [4.69, 9.17) is 5.10 Å². The van der Waals surface area contributed by atoms with E-state index in [0.717, 1.165) is 24.2 Å². The van der Waals surface area contributed by atoms with Crippen molar-refractivity contribution in [2.45, 2.75) is 19.4 Å². The van der Waals surface area contributed by atoms with Crippen LogP contribution in [0.15, 0.2) is 59.9 Å². The van der Waals surface area contributed by atoms with Crippen LogP contribution in [0.2, 0.25) is 0 Å². The highest BCUT2D eigenvalue weighted by atomic mass is 16.1. The molecule has 32 heavy (non-hydrogen) atoms. The van der Waals surface area contributed by atoms with Crippen LogP contribution < -0.4 is 10.5 Å². The third kappa shape index (κ3) is 2.50. The van der Waals surface area contributed by atoms with Crippen LogP contribution in [0.25, 0.3) is 22.2 Å². The molecule has 0 aliphatic carbocycles. The van der Waals surface area contributed by atoms with E-state index in [0.29, 0.717) is 33.8 Å². The van der Waals surface area contributed by atoms with Gasteiger partial charge in [-0.25, -0.2) is 14.5 Å². The van der Waals surface area contributed by atoms with Crippen molar-refractivity contribution in [3.05, 3.63) is 82.4 Å². The Kier molecular flexibility index (Phi) is 3.89. The number of anilines is 1. The van der Waals surface area contributed by atoms with Crippen LogP contribution in [0.3, 0.4) is 0 Å². The molecule has 1 aromatic carbocycles. The minimum Gasteiger partial charge on any atom is -0.345 e. The molecule has 0 spiro atoms. The van der Waals surface area contributed by atoms with Crippen molar-refractivity contribution in [1.29, 1.82) is 5.26 Å². The van der Waals surface area contributed by atoms with Crippen molar-refractivity contribution in [1.82, 2.24) is 29.1 Å². The molecule has 1 aliphatic heterocycles. The van der Waals surface area contributed by atoms with Gasteiger partial charge in [0.15, 0.2) is 5.82 Å². The van der Waals surface area contributed by atoms with E-state index in [2.05, 4.69) is 25.9 Å². The summed E-state index contributed by atoms with van der Waals surface area (Å²) >= 11 is 0. The van der Waals surface area contributed by atoms with E-state index in [9.17, 15) is 10.1 Å². The quantitative estimate of drug-likeness (QED) is 0.479. The van der Waals surface area contributed by atoms with E-state index in [1.807, 2.05) is 49.5 Å². The zero-order valence-electron chi connectivity index (χ0n) is 17.2. The summed E-state index contributed by atoms with van der Waals surface area (Å²) in [5.74, 6) is 1.30. The molecule has 0 amide bonds. The van der Waals surface area contributed by atoms with Crippen LogP contribution in [-0.4, -0.2) is 35.7 Å². The number of nitrogens with zero attached hydrogens (tertiary/aromatic N) is 7. The first-order chi connectivity index (χ1) is 15.7. The zero-order chi connectivity index (χ0) is 21.8. The number of nitriles is 1. The Morgan fingerprint density at radius 1 is 1.19 bits per heavy atom. The van der Waals surface area contributed by atoms with Gasteiger partial charge in [0.05, 0.1) is 22.7 Å². The van der Waals surface area contributed by atoms with Gasteiger partial charge in [0.1, 0.15) is 29.4 Å². The molecule has 0 unspecified atom stereocenters. The second-order valence-electron chi connectivity index (χ2n) is 7.86. The Morgan fingerprint density at radius 3 is 2.78 bits per heavy atom. The van der Waals surface area contributed by atoms with E-state index in [1.54, 1.807) is 15.3 Å². The number of nitrogens with one attached hydrogen (secondary N) is 1. The van der Waals surface area contributed by atoms with Gasteiger partial charge in [-0.05, 0) is 37.1 Å². The molecule has 0 radical (unpaired) electrons. The lowest BCUT2D eigenvalue weighted by Crippen LogP contribution is -2.45. The van der Waals surface area contributed by atoms with Crippen LogP contribution in [0.4, 0.5) is 5.82 Å². The lowest BCUT2D eigenvalue weighted by Gasteiger charge is -2.42. The molecular weight excluding hydrogens is 404 g/mol. The van der Waals surface area contributed by atoms with Crippen molar-refractivity contribution in [3.8, 4) is 11.8 Å². The van der Waals surface area contributed by atoms with Gasteiger partial charge < -0.3 is 9.88 Å². The van der Waals surface area contributed by atoms with E-state index < -0.39 is 0 Å². The van der Waals surface area contributed by atoms with Gasteiger partial charge in [-0.3, -0.25) is 9.36 Å². The van der Waals surface area contributed by atoms with Crippen LogP contribution in [0.5, 0.6) is 0 Å². The number of hydrogen-bond acceptors (Lipinski definition) is 6. The fraction of sp³-hybridized carbons (Fsp3) is 0.174. The molecule has 1 fully saturated rings. The smallest absolute Gasteiger partial charge is 0.282 e. The summed E-state index contributed by atoms with van der Waals surface area (Å²) in [4.78, 5) is 27.5. The molecule has 9 nitrogen and oxygen atoms in total. The fourth-order valence-electron chi connectivity index (χ4n) is 4.44. The summed E-state index contributed by atoms with van der Waals surface area (Å²) in [5.41, 5.74) is 3.20. The molecule has 1 aliphatic rings. The number of rotatable bonds is 3. The Labute approximate surface area is 182 Å². The number of aromatic nitrogens is 6. The first kappa shape index (κ1) is 18.3. The van der Waals surface area contributed by atoms with Gasteiger partial charge in [-0.15, -0.1) is 0 Å². The second kappa shape index (κ2) is 6.78. The van der Waals surface area contributed by atoms with Crippen molar-refractivity contribution in [2.75, 3.05) is 11.4 Å². The first-order valence-electron chi connectivity index (χ1n) is 10.3. The third-order valence-electron chi connectivity index (χ3n) is 6.09. The lowest BCUT2D eigenvalue weighted by atomic mass is 10.0. The van der Waals surface area contributed by atoms with Crippen molar-refractivity contribution in [3.63, 3.8) is 0 Å². The standard InChI is InChI=1S/C23H18N8O/c1-14-7-10-30-19(14)23(32)31(16-5-3-2-4-6-16)21(28-30)17-8-9-29(17)22-18-15(11-24)12-25-20(18)26-13-27-22/h2-7,10,12-13,17H,8-9H2,1H3,(H,25,26,27)/t17-/m0/s1. The van der Waals surface area contributed by atoms with Gasteiger partial charge in [0.2, 0.25) is 0 Å². The molecule has 156 valence electrons. The predicted molar refractivity (Wildman–Crippen MR) is 119 cm³/mol. The maximum absolute atomic E-state index is 13.6. The molecule has 0 saturated carbocycles. The molecule has 1 N–H and O–H groups in total. The second-order valence-corrected chi connectivity index (χ2v) is 7.86. The monoisotopic (exact) mass is 422 g/mol. The minimum absolute atomic E-state index is 0.109. The average Bonchev–Trinajstić information content (AvgIpc) is 3.38. The maximum atomic E-state index is 13.6. The Bertz CT molecular complexity index is 1590. The number of H-pyrrole nitrogens is 1. The Morgan fingerprint density at radius 2 is 2.03 bits per heavy atom. The van der Waals surface area contributed by atoms with Crippen molar-refractivity contribution in [2.24, 2.45) is 0 Å². The summed E-state index contributed by atoms with van der Waals surface area (Å²) < 4.78 is 3.36. The number of para-hydroxylation sites is 1. The highest BCUT2D eigenvalue weighted by Crippen LogP contribution is 2.39. The Hall–Kier alpha value is -4.45. The normalized spacial score (nSPS) is 15.8. The molecule has 1 atom stereocenters. The largest absolute Gasteiger partial charge is 0.345 e. The van der Waals surface area contributed by atoms with Crippen LogP contribution >= 0.6 is 0 Å². The summed E-state index contributed by atoms with van der Waals surface area (Å²) in [5, 5.41) is 15.1. The van der Waals surface area contributed by atoms with Gasteiger partial charge in [0.25, 0.3) is 5.56 Å². The third-order valence-corrected chi connectivity index (χ3v) is 6.09. The number of hydrogen-bond donors (Lipinski definition) is 1. The highest BCUT2D eigenvalue weighted by Gasteiger charge is 2.37. The van der Waals surface area contributed by atoms with E-state index in [-0.39, 0.29) is 11.6 Å². The number of benzene rings is 1. The Balaban J connectivity index is 1.58. The average molecular weight is 422 g/mol. The maximum Gasteiger partial charge on any atom is 0.282 e. The van der Waals surface area contributed by atoms with Crippen LogP contribution in [-0.2, 0) is 0 Å². The van der Waals surface area contributed by atoms with E-state index in [1.165, 1.54) is 6.33 Å². The minimum atomic E-state index is -0.172. The molecule has 0 bridgehead atoms. The van der Waals surface area contributed by atoms with Gasteiger partial charge in [0, 0.05) is 18.9 Å². The lowest BCUT2D eigenvalue weighted by molar-refractivity contribution is 0.424. The number of aryl methyl sites for hydroxylation is 1. The van der Waals surface area contributed by atoms with Crippen LogP contribution in [0.1, 0.15) is 29.4 Å². The predicted octanol–water partition coefficient (Wildman–Crippen LogP) is 2.89. The van der Waals surface area contributed by atoms with Gasteiger partial charge >= 0.3 is 0 Å². The fourth-order valence-corrected chi connectivity index (χ4v) is 4.44. The van der Waals surface area contributed by atoms with Crippen molar-refractivity contribution >= 4 is 22.4 Å². The molecular formula is C23H18N8O. The number of fused-ring (bicyclic) bond motifs is 2. The molecule has 5 heterocycles. The highest BCUT2D eigenvalue weighted by molar-refractivity contribution is 5.93. The molecule has 5 aromatic rings. The van der Waals surface area contributed by atoms with Crippen molar-refractivity contribution < 1.29 is 0 Å². The summed E-state index contributed by atoms with van der Waals surface area (Å²) in [7, 11) is 0. The van der Waals surface area contributed by atoms with Gasteiger partial charge in [-0.2, -0.15) is 10.4 Å². The SMILES string of the molecule is Cc1ccn2nc([C@@H]3CCN3c3ncnc4[nH]cc(C#N)c34)n(-c3ccccc3)c(=O)c12.